The third-order valence-corrected chi connectivity index (χ3v) is 3.28. The minimum absolute atomic E-state index is 0.585. The molecule has 0 spiro atoms. The lowest BCUT2D eigenvalue weighted by Crippen LogP contribution is -2.07. The van der Waals surface area contributed by atoms with Crippen LogP contribution in [-0.2, 0) is 6.42 Å². The smallest absolute Gasteiger partial charge is 0.113 e. The van der Waals surface area contributed by atoms with E-state index in [2.05, 4.69) is 10.3 Å². The van der Waals surface area contributed by atoms with Gasteiger partial charge in [-0.15, -0.1) is 5.10 Å². The van der Waals surface area contributed by atoms with Crippen LogP contribution in [0.2, 0.25) is 5.02 Å². The zero-order valence-corrected chi connectivity index (χ0v) is 11.0. The molecule has 4 nitrogen and oxygen atoms in total. The number of hydrogen-bond acceptors (Lipinski definition) is 3. The Balaban J connectivity index is 2.23. The second-order valence-electron chi connectivity index (χ2n) is 4.30. The van der Waals surface area contributed by atoms with E-state index in [1.165, 1.54) is 0 Å². The first-order valence-electron chi connectivity index (χ1n) is 6.09. The second-order valence-corrected chi connectivity index (χ2v) is 4.74. The molecule has 0 radical (unpaired) electrons. The van der Waals surface area contributed by atoms with Crippen molar-refractivity contribution in [1.29, 1.82) is 0 Å². The number of benzene rings is 2. The summed E-state index contributed by atoms with van der Waals surface area (Å²) in [6.07, 6.45) is 0.778. The zero-order valence-electron chi connectivity index (χ0n) is 10.3. The lowest BCUT2D eigenvalue weighted by atomic mass is 10.1. The molecule has 0 saturated heterocycles. The van der Waals surface area contributed by atoms with Gasteiger partial charge >= 0.3 is 0 Å². The maximum Gasteiger partial charge on any atom is 0.113 e. The highest BCUT2D eigenvalue weighted by Crippen LogP contribution is 2.23. The Labute approximate surface area is 115 Å². The first-order valence-corrected chi connectivity index (χ1v) is 6.46. The predicted molar refractivity (Wildman–Crippen MR) is 76.6 cm³/mol. The van der Waals surface area contributed by atoms with Gasteiger partial charge < -0.3 is 5.73 Å². The SMILES string of the molecule is NCCc1ccc(Cl)cc1-n1nnc2ccccc21. The van der Waals surface area contributed by atoms with Crippen LogP contribution in [0.5, 0.6) is 0 Å². The number of para-hydroxylation sites is 1. The highest BCUT2D eigenvalue weighted by atomic mass is 35.5. The molecule has 3 rings (SSSR count). The van der Waals surface area contributed by atoms with Crippen LogP contribution >= 0.6 is 11.6 Å². The Morgan fingerprint density at radius 3 is 2.84 bits per heavy atom. The van der Waals surface area contributed by atoms with Crippen LogP contribution in [0.15, 0.2) is 42.5 Å². The van der Waals surface area contributed by atoms with Crippen LogP contribution in [0.3, 0.4) is 0 Å². The first-order chi connectivity index (χ1) is 9.29. The van der Waals surface area contributed by atoms with Crippen molar-refractivity contribution in [3.63, 3.8) is 0 Å². The lowest BCUT2D eigenvalue weighted by molar-refractivity contribution is 0.808. The maximum atomic E-state index is 6.09. The summed E-state index contributed by atoms with van der Waals surface area (Å²) in [4.78, 5) is 0. The van der Waals surface area contributed by atoms with Crippen molar-refractivity contribution in [3.8, 4) is 5.69 Å². The Kier molecular flexibility index (Phi) is 3.19. The summed E-state index contributed by atoms with van der Waals surface area (Å²) in [5, 5.41) is 9.06. The van der Waals surface area contributed by atoms with Crippen LogP contribution in [0.25, 0.3) is 16.7 Å². The number of rotatable bonds is 3. The molecule has 3 aromatic rings. The molecular weight excluding hydrogens is 260 g/mol. The van der Waals surface area contributed by atoms with E-state index >= 15 is 0 Å². The fraction of sp³-hybridized carbons (Fsp3) is 0.143. The van der Waals surface area contributed by atoms with Gasteiger partial charge in [0.1, 0.15) is 5.52 Å². The van der Waals surface area contributed by atoms with E-state index in [0.717, 1.165) is 28.7 Å². The van der Waals surface area contributed by atoms with Crippen LogP contribution in [0.4, 0.5) is 0 Å². The first kappa shape index (κ1) is 12.1. The number of aromatic nitrogens is 3. The van der Waals surface area contributed by atoms with Gasteiger partial charge in [0.2, 0.25) is 0 Å². The molecule has 1 heterocycles. The van der Waals surface area contributed by atoms with Crippen LogP contribution in [0.1, 0.15) is 5.56 Å². The average Bonchev–Trinajstić information content (AvgIpc) is 2.85. The van der Waals surface area contributed by atoms with Crippen molar-refractivity contribution in [1.82, 2.24) is 15.0 Å². The molecule has 0 aliphatic carbocycles. The van der Waals surface area contributed by atoms with Gasteiger partial charge in [-0.3, -0.25) is 0 Å². The Bertz CT molecular complexity index is 720. The summed E-state index contributed by atoms with van der Waals surface area (Å²) < 4.78 is 1.81. The van der Waals surface area contributed by atoms with Crippen molar-refractivity contribution in [2.24, 2.45) is 5.73 Å². The lowest BCUT2D eigenvalue weighted by Gasteiger charge is -2.09. The predicted octanol–water partition coefficient (Wildman–Crippen LogP) is 2.58. The summed E-state index contributed by atoms with van der Waals surface area (Å²) >= 11 is 6.09. The summed E-state index contributed by atoms with van der Waals surface area (Å²) in [7, 11) is 0. The summed E-state index contributed by atoms with van der Waals surface area (Å²) in [6, 6.07) is 13.6. The van der Waals surface area contributed by atoms with Crippen molar-refractivity contribution < 1.29 is 0 Å². The van der Waals surface area contributed by atoms with Gasteiger partial charge in [-0.2, -0.15) is 0 Å². The van der Waals surface area contributed by atoms with E-state index in [1.54, 1.807) is 0 Å². The molecular formula is C14H13ClN4. The second kappa shape index (κ2) is 4.99. The topological polar surface area (TPSA) is 56.7 Å². The van der Waals surface area contributed by atoms with E-state index in [1.807, 2.05) is 47.1 Å². The fourth-order valence-electron chi connectivity index (χ4n) is 2.15. The third-order valence-electron chi connectivity index (χ3n) is 3.04. The minimum atomic E-state index is 0.585. The normalized spacial score (nSPS) is 11.1. The molecule has 0 bridgehead atoms. The quantitative estimate of drug-likeness (QED) is 0.797. The van der Waals surface area contributed by atoms with Gasteiger partial charge in [-0.1, -0.05) is 35.0 Å². The highest BCUT2D eigenvalue weighted by molar-refractivity contribution is 6.30. The largest absolute Gasteiger partial charge is 0.330 e. The molecule has 0 fully saturated rings. The molecule has 5 heteroatoms. The van der Waals surface area contributed by atoms with E-state index in [-0.39, 0.29) is 0 Å². The average molecular weight is 273 g/mol. The van der Waals surface area contributed by atoms with Crippen LogP contribution in [-0.4, -0.2) is 21.5 Å². The highest BCUT2D eigenvalue weighted by Gasteiger charge is 2.10. The van der Waals surface area contributed by atoms with Gasteiger partial charge in [0.25, 0.3) is 0 Å². The van der Waals surface area contributed by atoms with E-state index in [9.17, 15) is 0 Å². The summed E-state index contributed by atoms with van der Waals surface area (Å²) in [5.41, 5.74) is 9.53. The summed E-state index contributed by atoms with van der Waals surface area (Å²) in [6.45, 7) is 0.585. The molecule has 96 valence electrons. The van der Waals surface area contributed by atoms with Crippen molar-refractivity contribution >= 4 is 22.6 Å². The molecule has 0 saturated carbocycles. The van der Waals surface area contributed by atoms with Gasteiger partial charge in [-0.25, -0.2) is 4.68 Å². The van der Waals surface area contributed by atoms with Gasteiger partial charge in [-0.05, 0) is 42.8 Å². The van der Waals surface area contributed by atoms with E-state index < -0.39 is 0 Å². The van der Waals surface area contributed by atoms with E-state index in [4.69, 9.17) is 17.3 Å². The molecule has 1 aromatic heterocycles. The van der Waals surface area contributed by atoms with E-state index in [0.29, 0.717) is 11.6 Å². The van der Waals surface area contributed by atoms with Crippen LogP contribution in [0, 0.1) is 0 Å². The molecule has 19 heavy (non-hydrogen) atoms. The third kappa shape index (κ3) is 2.20. The number of halogens is 1. The van der Waals surface area contributed by atoms with Gasteiger partial charge in [0.05, 0.1) is 11.2 Å². The maximum absolute atomic E-state index is 6.09. The Hall–Kier alpha value is -1.91. The van der Waals surface area contributed by atoms with Gasteiger partial charge in [0, 0.05) is 5.02 Å². The van der Waals surface area contributed by atoms with Crippen LogP contribution < -0.4 is 5.73 Å². The monoisotopic (exact) mass is 272 g/mol. The molecule has 2 N–H and O–H groups in total. The number of fused-ring (bicyclic) bond motifs is 1. The molecule has 2 aromatic carbocycles. The zero-order chi connectivity index (χ0) is 13.2. The molecule has 0 amide bonds. The van der Waals surface area contributed by atoms with Crippen molar-refractivity contribution in [2.75, 3.05) is 6.54 Å². The molecule has 0 aliphatic rings. The molecule has 0 unspecified atom stereocenters. The fourth-order valence-corrected chi connectivity index (χ4v) is 2.31. The minimum Gasteiger partial charge on any atom is -0.330 e. The molecule has 0 atom stereocenters. The Morgan fingerprint density at radius 2 is 2.00 bits per heavy atom. The van der Waals surface area contributed by atoms with Crippen molar-refractivity contribution in [3.05, 3.63) is 53.1 Å². The number of nitrogens with two attached hydrogens (primary N) is 1. The number of nitrogens with zero attached hydrogens (tertiary/aromatic N) is 3. The molecule has 0 aliphatic heterocycles. The Morgan fingerprint density at radius 1 is 1.16 bits per heavy atom. The van der Waals surface area contributed by atoms with Crippen molar-refractivity contribution in [2.45, 2.75) is 6.42 Å². The van der Waals surface area contributed by atoms with Gasteiger partial charge in [0.15, 0.2) is 0 Å². The standard InChI is InChI=1S/C14H13ClN4/c15-11-6-5-10(7-8-16)14(9-11)19-13-4-2-1-3-12(13)17-18-19/h1-6,9H,7-8,16H2. The number of hydrogen-bond donors (Lipinski definition) is 1. The summed E-state index contributed by atoms with van der Waals surface area (Å²) in [5.74, 6) is 0.